The van der Waals surface area contributed by atoms with E-state index in [9.17, 15) is 0 Å². The van der Waals surface area contributed by atoms with Gasteiger partial charge in [0.25, 0.3) is 0 Å². The van der Waals surface area contributed by atoms with Crippen molar-refractivity contribution in [2.24, 2.45) is 0 Å². The van der Waals surface area contributed by atoms with E-state index in [1.807, 2.05) is 0 Å². The molecule has 12 heavy (non-hydrogen) atoms. The van der Waals surface area contributed by atoms with Crippen molar-refractivity contribution in [2.45, 2.75) is 51.5 Å². The summed E-state index contributed by atoms with van der Waals surface area (Å²) < 4.78 is 0. The first-order valence-electron chi connectivity index (χ1n) is 5.41. The molecule has 71 valence electrons. The molecule has 1 rings (SSSR count). The standard InChI is InChI=1S/C11H22N/c1-3-5-9-12-10-6-8-11(12)7-4-2/h11H,2-10H2,1H3. The number of hydrogen-bond acceptors (Lipinski definition) is 1. The van der Waals surface area contributed by atoms with Crippen LogP contribution in [0.4, 0.5) is 0 Å². The highest BCUT2D eigenvalue weighted by Crippen LogP contribution is 2.21. The normalized spacial score (nSPS) is 25.0. The minimum Gasteiger partial charge on any atom is -0.300 e. The zero-order valence-corrected chi connectivity index (χ0v) is 8.39. The highest BCUT2D eigenvalue weighted by molar-refractivity contribution is 4.78. The van der Waals surface area contributed by atoms with Crippen LogP contribution in [0.1, 0.15) is 45.4 Å². The predicted octanol–water partition coefficient (Wildman–Crippen LogP) is 2.87. The van der Waals surface area contributed by atoms with E-state index in [0.29, 0.717) is 0 Å². The Morgan fingerprint density at radius 1 is 1.50 bits per heavy atom. The zero-order chi connectivity index (χ0) is 8.81. The SMILES string of the molecule is [CH2]CCC1CCCN1CCCC. The van der Waals surface area contributed by atoms with Gasteiger partial charge in [-0.05, 0) is 38.8 Å². The molecule has 1 atom stereocenters. The predicted molar refractivity (Wildman–Crippen MR) is 54.1 cm³/mol. The Bertz CT molecular complexity index is 112. The Kier molecular flexibility index (Phi) is 4.67. The molecule has 0 aromatic rings. The Morgan fingerprint density at radius 2 is 2.33 bits per heavy atom. The second kappa shape index (κ2) is 5.58. The van der Waals surface area contributed by atoms with E-state index in [4.69, 9.17) is 0 Å². The van der Waals surface area contributed by atoms with Crippen LogP contribution in [0.15, 0.2) is 0 Å². The fourth-order valence-corrected chi connectivity index (χ4v) is 2.11. The van der Waals surface area contributed by atoms with Crippen LogP contribution in [-0.2, 0) is 0 Å². The van der Waals surface area contributed by atoms with Gasteiger partial charge in [-0.15, -0.1) is 0 Å². The number of likely N-dealkylation sites (tertiary alicyclic amines) is 1. The molecule has 0 amide bonds. The average Bonchev–Trinajstić information content (AvgIpc) is 2.50. The maximum absolute atomic E-state index is 3.94. The van der Waals surface area contributed by atoms with E-state index in [2.05, 4.69) is 18.7 Å². The summed E-state index contributed by atoms with van der Waals surface area (Å²) >= 11 is 0. The van der Waals surface area contributed by atoms with Gasteiger partial charge in [0.15, 0.2) is 0 Å². The molecule has 0 N–H and O–H groups in total. The average molecular weight is 168 g/mol. The molecule has 0 aliphatic carbocycles. The summed E-state index contributed by atoms with van der Waals surface area (Å²) in [7, 11) is 0. The lowest BCUT2D eigenvalue weighted by molar-refractivity contribution is 0.240. The molecule has 1 aliphatic rings. The molecule has 0 saturated carbocycles. The molecular weight excluding hydrogens is 146 g/mol. The van der Waals surface area contributed by atoms with Crippen LogP contribution in [0.2, 0.25) is 0 Å². The summed E-state index contributed by atoms with van der Waals surface area (Å²) in [6, 6.07) is 0.869. The first-order valence-corrected chi connectivity index (χ1v) is 5.41. The molecule has 0 aromatic heterocycles. The molecule has 1 nitrogen and oxygen atoms in total. The van der Waals surface area contributed by atoms with E-state index in [1.165, 1.54) is 45.2 Å². The second-order valence-electron chi connectivity index (χ2n) is 3.83. The minimum absolute atomic E-state index is 0.869. The van der Waals surface area contributed by atoms with E-state index >= 15 is 0 Å². The van der Waals surface area contributed by atoms with E-state index in [1.54, 1.807) is 0 Å². The van der Waals surface area contributed by atoms with Crippen molar-refractivity contribution in [1.82, 2.24) is 4.90 Å². The molecule has 1 saturated heterocycles. The van der Waals surface area contributed by atoms with Gasteiger partial charge in [-0.3, -0.25) is 0 Å². The minimum atomic E-state index is 0.869. The molecule has 1 heteroatoms. The van der Waals surface area contributed by atoms with Gasteiger partial charge in [0, 0.05) is 6.04 Å². The molecule has 0 aromatic carbocycles. The lowest BCUT2D eigenvalue weighted by atomic mass is 10.1. The van der Waals surface area contributed by atoms with Gasteiger partial charge >= 0.3 is 0 Å². The highest BCUT2D eigenvalue weighted by atomic mass is 15.2. The van der Waals surface area contributed by atoms with Crippen molar-refractivity contribution in [3.8, 4) is 0 Å². The number of rotatable bonds is 5. The van der Waals surface area contributed by atoms with Crippen LogP contribution in [0.5, 0.6) is 0 Å². The van der Waals surface area contributed by atoms with Crippen LogP contribution >= 0.6 is 0 Å². The monoisotopic (exact) mass is 168 g/mol. The van der Waals surface area contributed by atoms with Gasteiger partial charge < -0.3 is 4.90 Å². The fourth-order valence-electron chi connectivity index (χ4n) is 2.11. The summed E-state index contributed by atoms with van der Waals surface area (Å²) in [6.07, 6.45) is 7.94. The van der Waals surface area contributed by atoms with Crippen LogP contribution in [-0.4, -0.2) is 24.0 Å². The number of unbranched alkanes of at least 4 members (excludes halogenated alkanes) is 1. The summed E-state index contributed by atoms with van der Waals surface area (Å²) in [5.74, 6) is 0. The molecule has 0 bridgehead atoms. The summed E-state index contributed by atoms with van der Waals surface area (Å²) in [5, 5.41) is 0. The van der Waals surface area contributed by atoms with E-state index in [0.717, 1.165) is 12.5 Å². The van der Waals surface area contributed by atoms with Gasteiger partial charge in [-0.2, -0.15) is 0 Å². The van der Waals surface area contributed by atoms with E-state index < -0.39 is 0 Å². The van der Waals surface area contributed by atoms with Crippen LogP contribution in [0.3, 0.4) is 0 Å². The molecule has 0 spiro atoms. The van der Waals surface area contributed by atoms with Gasteiger partial charge in [-0.25, -0.2) is 0 Å². The quantitative estimate of drug-likeness (QED) is 0.610. The van der Waals surface area contributed by atoms with Crippen molar-refractivity contribution in [2.75, 3.05) is 13.1 Å². The molecule has 1 radical (unpaired) electrons. The summed E-state index contributed by atoms with van der Waals surface area (Å²) in [6.45, 7) is 8.87. The molecular formula is C11H22N. The van der Waals surface area contributed by atoms with Crippen LogP contribution < -0.4 is 0 Å². The molecule has 1 fully saturated rings. The third kappa shape index (κ3) is 2.78. The van der Waals surface area contributed by atoms with Crippen molar-refractivity contribution >= 4 is 0 Å². The van der Waals surface area contributed by atoms with Crippen molar-refractivity contribution < 1.29 is 0 Å². The number of hydrogen-bond donors (Lipinski definition) is 0. The first-order chi connectivity index (χ1) is 5.88. The Hall–Kier alpha value is -0.0400. The fraction of sp³-hybridized carbons (Fsp3) is 0.909. The third-order valence-electron chi connectivity index (χ3n) is 2.84. The second-order valence-corrected chi connectivity index (χ2v) is 3.83. The lowest BCUT2D eigenvalue weighted by Gasteiger charge is -2.23. The highest BCUT2D eigenvalue weighted by Gasteiger charge is 2.22. The summed E-state index contributed by atoms with van der Waals surface area (Å²) in [5.41, 5.74) is 0. The van der Waals surface area contributed by atoms with Crippen LogP contribution in [0, 0.1) is 6.92 Å². The van der Waals surface area contributed by atoms with Gasteiger partial charge in [0.2, 0.25) is 0 Å². The van der Waals surface area contributed by atoms with Gasteiger partial charge in [-0.1, -0.05) is 26.7 Å². The van der Waals surface area contributed by atoms with Gasteiger partial charge in [0.05, 0.1) is 0 Å². The Morgan fingerprint density at radius 3 is 3.00 bits per heavy atom. The Labute approximate surface area is 77.1 Å². The lowest BCUT2D eigenvalue weighted by Crippen LogP contribution is -2.30. The van der Waals surface area contributed by atoms with E-state index in [-0.39, 0.29) is 0 Å². The van der Waals surface area contributed by atoms with Crippen molar-refractivity contribution in [3.63, 3.8) is 0 Å². The van der Waals surface area contributed by atoms with Gasteiger partial charge in [0.1, 0.15) is 0 Å². The first kappa shape index (κ1) is 10.0. The maximum Gasteiger partial charge on any atom is 0.00957 e. The summed E-state index contributed by atoms with van der Waals surface area (Å²) in [4.78, 5) is 2.66. The third-order valence-corrected chi connectivity index (χ3v) is 2.84. The largest absolute Gasteiger partial charge is 0.300 e. The van der Waals surface area contributed by atoms with Crippen LogP contribution in [0.25, 0.3) is 0 Å². The topological polar surface area (TPSA) is 3.24 Å². The zero-order valence-electron chi connectivity index (χ0n) is 8.39. The Balaban J connectivity index is 2.20. The molecule has 1 heterocycles. The maximum atomic E-state index is 3.94. The van der Waals surface area contributed by atoms with Crippen molar-refractivity contribution in [3.05, 3.63) is 6.92 Å². The van der Waals surface area contributed by atoms with Crippen molar-refractivity contribution in [1.29, 1.82) is 0 Å². The molecule has 1 unspecified atom stereocenters. The smallest absolute Gasteiger partial charge is 0.00957 e. The molecule has 1 aliphatic heterocycles. The number of nitrogens with zero attached hydrogens (tertiary/aromatic N) is 1.